The molecule has 2 atom stereocenters. The Bertz CT molecular complexity index is 811. The van der Waals surface area contributed by atoms with Gasteiger partial charge in [-0.2, -0.15) is 0 Å². The maximum absolute atomic E-state index is 13.5. The zero-order chi connectivity index (χ0) is 24.7. The van der Waals surface area contributed by atoms with Crippen molar-refractivity contribution in [2.24, 2.45) is 0 Å². The van der Waals surface area contributed by atoms with Gasteiger partial charge in [0.1, 0.15) is 24.2 Å². The van der Waals surface area contributed by atoms with Crippen LogP contribution in [0.15, 0.2) is 30.3 Å². The standard InChI is InChI=1S/C23H35N3O6/c1-15(25-21(30)32-23(5,6)7)20(29)26(22(2,3)4)18(16-12-10-9-11-13-16)19(28)24-14-17(27)31-8/h9-13,15,18H,14H2,1-8H3,(H,24,28)(H,25,30). The van der Waals surface area contributed by atoms with Gasteiger partial charge in [0.05, 0.1) is 7.11 Å². The Morgan fingerprint density at radius 1 is 1.00 bits per heavy atom. The van der Waals surface area contributed by atoms with Gasteiger partial charge in [-0.15, -0.1) is 0 Å². The fourth-order valence-electron chi connectivity index (χ4n) is 2.98. The molecule has 0 aromatic heterocycles. The summed E-state index contributed by atoms with van der Waals surface area (Å²) in [4.78, 5) is 51.8. The van der Waals surface area contributed by atoms with Crippen molar-refractivity contribution in [1.82, 2.24) is 15.5 Å². The van der Waals surface area contributed by atoms with Gasteiger partial charge in [-0.25, -0.2) is 4.79 Å². The molecule has 0 heterocycles. The third-order valence-electron chi connectivity index (χ3n) is 4.32. The Labute approximate surface area is 189 Å². The summed E-state index contributed by atoms with van der Waals surface area (Å²) in [6.07, 6.45) is -0.737. The normalized spacial score (nSPS) is 13.4. The van der Waals surface area contributed by atoms with Crippen LogP contribution in [0, 0.1) is 0 Å². The van der Waals surface area contributed by atoms with E-state index in [2.05, 4.69) is 15.4 Å². The van der Waals surface area contributed by atoms with Crippen LogP contribution in [0.2, 0.25) is 0 Å². The Balaban J connectivity index is 3.29. The molecule has 0 saturated carbocycles. The Kier molecular flexibility index (Phi) is 9.23. The lowest BCUT2D eigenvalue weighted by atomic mass is 9.95. The minimum Gasteiger partial charge on any atom is -0.468 e. The van der Waals surface area contributed by atoms with Gasteiger partial charge >= 0.3 is 12.1 Å². The molecule has 32 heavy (non-hydrogen) atoms. The first kappa shape index (κ1) is 26.9. The zero-order valence-corrected chi connectivity index (χ0v) is 20.1. The van der Waals surface area contributed by atoms with Crippen LogP contribution >= 0.6 is 0 Å². The summed E-state index contributed by atoms with van der Waals surface area (Å²) >= 11 is 0. The summed E-state index contributed by atoms with van der Waals surface area (Å²) in [5, 5.41) is 5.07. The van der Waals surface area contributed by atoms with E-state index in [1.165, 1.54) is 18.9 Å². The second kappa shape index (κ2) is 11.0. The molecule has 9 nitrogen and oxygen atoms in total. The molecule has 0 radical (unpaired) electrons. The number of carbonyl (C=O) groups excluding carboxylic acids is 4. The number of nitrogens with one attached hydrogen (secondary N) is 2. The van der Waals surface area contributed by atoms with Crippen LogP contribution < -0.4 is 10.6 Å². The fraction of sp³-hybridized carbons (Fsp3) is 0.565. The number of nitrogens with zero attached hydrogens (tertiary/aromatic N) is 1. The topological polar surface area (TPSA) is 114 Å². The average Bonchev–Trinajstić information content (AvgIpc) is 2.67. The predicted molar refractivity (Wildman–Crippen MR) is 120 cm³/mol. The van der Waals surface area contributed by atoms with Crippen LogP contribution in [0.4, 0.5) is 4.79 Å². The van der Waals surface area contributed by atoms with Crippen molar-refractivity contribution in [1.29, 1.82) is 0 Å². The van der Waals surface area contributed by atoms with Gasteiger partial charge in [0.2, 0.25) is 11.8 Å². The fourth-order valence-corrected chi connectivity index (χ4v) is 2.98. The van der Waals surface area contributed by atoms with Crippen LogP contribution in [-0.2, 0) is 23.9 Å². The van der Waals surface area contributed by atoms with Crippen molar-refractivity contribution in [3.8, 4) is 0 Å². The summed E-state index contributed by atoms with van der Waals surface area (Å²) < 4.78 is 9.83. The van der Waals surface area contributed by atoms with Crippen molar-refractivity contribution >= 4 is 23.9 Å². The molecule has 1 aromatic carbocycles. The van der Waals surface area contributed by atoms with E-state index >= 15 is 0 Å². The van der Waals surface area contributed by atoms with E-state index in [1.54, 1.807) is 71.9 Å². The van der Waals surface area contributed by atoms with Crippen LogP contribution in [0.1, 0.15) is 60.1 Å². The summed E-state index contributed by atoms with van der Waals surface area (Å²) in [6.45, 7) is 11.7. The SMILES string of the molecule is COC(=O)CNC(=O)C(c1ccccc1)N(C(=O)C(C)NC(=O)OC(C)(C)C)C(C)(C)C. The van der Waals surface area contributed by atoms with Crippen molar-refractivity contribution in [2.45, 2.75) is 71.7 Å². The quantitative estimate of drug-likeness (QED) is 0.619. The van der Waals surface area contributed by atoms with Gasteiger partial charge in [0.15, 0.2) is 0 Å². The number of rotatable bonds is 7. The molecule has 1 rings (SSSR count). The maximum atomic E-state index is 13.5. The van der Waals surface area contributed by atoms with Gasteiger partial charge in [-0.1, -0.05) is 30.3 Å². The van der Waals surface area contributed by atoms with Crippen molar-refractivity contribution in [3.05, 3.63) is 35.9 Å². The van der Waals surface area contributed by atoms with Crippen molar-refractivity contribution in [2.75, 3.05) is 13.7 Å². The molecule has 9 heteroatoms. The Hall–Kier alpha value is -3.10. The molecule has 178 valence electrons. The largest absolute Gasteiger partial charge is 0.468 e. The van der Waals surface area contributed by atoms with E-state index in [9.17, 15) is 19.2 Å². The number of methoxy groups -OCH3 is 1. The van der Waals surface area contributed by atoms with Crippen LogP contribution in [-0.4, -0.2) is 59.6 Å². The molecule has 3 amide bonds. The molecule has 0 aliphatic heterocycles. The lowest BCUT2D eigenvalue weighted by Crippen LogP contribution is -2.58. The van der Waals surface area contributed by atoms with Crippen molar-refractivity contribution in [3.63, 3.8) is 0 Å². The van der Waals surface area contributed by atoms with Gasteiger partial charge in [0.25, 0.3) is 0 Å². The first-order chi connectivity index (χ1) is 14.7. The number of amides is 3. The second-order valence-corrected chi connectivity index (χ2v) is 9.35. The number of carbonyl (C=O) groups is 4. The van der Waals surface area contributed by atoms with Crippen LogP contribution in [0.25, 0.3) is 0 Å². The molecule has 1 aromatic rings. The number of benzene rings is 1. The van der Waals surface area contributed by atoms with Gasteiger partial charge in [-0.3, -0.25) is 14.4 Å². The van der Waals surface area contributed by atoms with E-state index in [0.717, 1.165) is 0 Å². The third-order valence-corrected chi connectivity index (χ3v) is 4.32. The van der Waals surface area contributed by atoms with Crippen LogP contribution in [0.5, 0.6) is 0 Å². The highest BCUT2D eigenvalue weighted by Gasteiger charge is 2.40. The van der Waals surface area contributed by atoms with E-state index in [0.29, 0.717) is 5.56 Å². The average molecular weight is 450 g/mol. The molecule has 0 saturated heterocycles. The molecule has 2 unspecified atom stereocenters. The van der Waals surface area contributed by atoms with Crippen molar-refractivity contribution < 1.29 is 28.7 Å². The third kappa shape index (κ3) is 8.20. The molecule has 0 fully saturated rings. The van der Waals surface area contributed by atoms with Gasteiger partial charge in [0, 0.05) is 5.54 Å². The molecular formula is C23H35N3O6. The minimum atomic E-state index is -1.05. The smallest absolute Gasteiger partial charge is 0.408 e. The Morgan fingerprint density at radius 3 is 2.03 bits per heavy atom. The highest BCUT2D eigenvalue weighted by Crippen LogP contribution is 2.29. The Morgan fingerprint density at radius 2 is 1.56 bits per heavy atom. The van der Waals surface area contributed by atoms with E-state index in [-0.39, 0.29) is 6.54 Å². The van der Waals surface area contributed by atoms with Gasteiger partial charge < -0.3 is 25.0 Å². The first-order valence-electron chi connectivity index (χ1n) is 10.4. The second-order valence-electron chi connectivity index (χ2n) is 9.35. The van der Waals surface area contributed by atoms with E-state index in [1.807, 2.05) is 0 Å². The maximum Gasteiger partial charge on any atom is 0.408 e. The molecule has 0 spiro atoms. The number of esters is 1. The number of ether oxygens (including phenoxy) is 2. The highest BCUT2D eigenvalue weighted by molar-refractivity contribution is 5.93. The zero-order valence-electron chi connectivity index (χ0n) is 20.1. The lowest BCUT2D eigenvalue weighted by Gasteiger charge is -2.42. The lowest BCUT2D eigenvalue weighted by molar-refractivity contribution is -0.149. The summed E-state index contributed by atoms with van der Waals surface area (Å²) in [7, 11) is 1.22. The predicted octanol–water partition coefficient (Wildman–Crippen LogP) is 2.56. The molecule has 0 bridgehead atoms. The highest BCUT2D eigenvalue weighted by atomic mass is 16.6. The minimum absolute atomic E-state index is 0.337. The summed E-state index contributed by atoms with van der Waals surface area (Å²) in [6, 6.07) is 6.73. The van der Waals surface area contributed by atoms with Gasteiger partial charge in [-0.05, 0) is 54.0 Å². The summed E-state index contributed by atoms with van der Waals surface area (Å²) in [5.74, 6) is -1.64. The molecule has 0 aliphatic rings. The number of hydrogen-bond acceptors (Lipinski definition) is 6. The summed E-state index contributed by atoms with van der Waals surface area (Å²) in [5.41, 5.74) is -0.969. The molecule has 2 N–H and O–H groups in total. The molecule has 0 aliphatic carbocycles. The number of alkyl carbamates (subject to hydrolysis) is 1. The van der Waals surface area contributed by atoms with Crippen LogP contribution in [0.3, 0.4) is 0 Å². The first-order valence-corrected chi connectivity index (χ1v) is 10.4. The monoisotopic (exact) mass is 449 g/mol. The number of hydrogen-bond donors (Lipinski definition) is 2. The molecular weight excluding hydrogens is 414 g/mol. The van der Waals surface area contributed by atoms with E-state index in [4.69, 9.17) is 4.74 Å². The van der Waals surface area contributed by atoms with E-state index < -0.39 is 47.1 Å².